The molecule has 0 bridgehead atoms. The molecular weight excluding hydrogens is 394 g/mol. The number of hydrogen-bond acceptors (Lipinski definition) is 7. The standard InChI is InChI=1S/C23H31N5OS/c1-17-15-30-23-21(17)22(24-16-25-23)26-19-8-10-28(11-9-19)14-18-4-6-20(7-5-18)29-13-12-27(2)3/h4-7,15-16,19H,8-14H2,1-3H3,(H,24,25,26). The van der Waals surface area contributed by atoms with Crippen LogP contribution in [0.5, 0.6) is 5.75 Å². The van der Waals surface area contributed by atoms with Crippen molar-refractivity contribution in [2.45, 2.75) is 32.4 Å². The molecule has 0 atom stereocenters. The van der Waals surface area contributed by atoms with Gasteiger partial charge in [-0.1, -0.05) is 12.1 Å². The lowest BCUT2D eigenvalue weighted by atomic mass is 10.0. The largest absolute Gasteiger partial charge is 0.492 e. The number of fused-ring (bicyclic) bond motifs is 1. The lowest BCUT2D eigenvalue weighted by molar-refractivity contribution is 0.211. The Morgan fingerprint density at radius 1 is 1.17 bits per heavy atom. The van der Waals surface area contributed by atoms with Crippen molar-refractivity contribution in [1.82, 2.24) is 19.8 Å². The van der Waals surface area contributed by atoms with E-state index in [0.717, 1.165) is 62.0 Å². The molecule has 3 aromatic rings. The van der Waals surface area contributed by atoms with Crippen molar-refractivity contribution in [3.05, 3.63) is 47.1 Å². The normalized spacial score (nSPS) is 15.7. The molecule has 0 amide bonds. The first-order valence-electron chi connectivity index (χ1n) is 10.6. The third kappa shape index (κ3) is 5.28. The zero-order valence-corrected chi connectivity index (χ0v) is 18.9. The summed E-state index contributed by atoms with van der Waals surface area (Å²) in [4.78, 5) is 14.6. The van der Waals surface area contributed by atoms with E-state index in [-0.39, 0.29) is 0 Å². The maximum atomic E-state index is 5.79. The number of ether oxygens (including phenoxy) is 1. The summed E-state index contributed by atoms with van der Waals surface area (Å²) < 4.78 is 5.79. The Labute approximate surface area is 182 Å². The van der Waals surface area contributed by atoms with Crippen molar-refractivity contribution in [2.24, 2.45) is 0 Å². The monoisotopic (exact) mass is 425 g/mol. The van der Waals surface area contributed by atoms with Crippen LogP contribution in [0.4, 0.5) is 5.82 Å². The predicted octanol–water partition coefficient (Wildman–Crippen LogP) is 4.02. The number of aromatic nitrogens is 2. The quantitative estimate of drug-likeness (QED) is 0.588. The summed E-state index contributed by atoms with van der Waals surface area (Å²) in [5.74, 6) is 1.94. The van der Waals surface area contributed by atoms with Crippen LogP contribution in [0.1, 0.15) is 24.0 Å². The molecule has 1 fully saturated rings. The van der Waals surface area contributed by atoms with E-state index in [4.69, 9.17) is 4.74 Å². The minimum absolute atomic E-state index is 0.464. The van der Waals surface area contributed by atoms with Crippen molar-refractivity contribution in [1.29, 1.82) is 0 Å². The molecule has 3 heterocycles. The fourth-order valence-corrected chi connectivity index (χ4v) is 4.74. The zero-order valence-electron chi connectivity index (χ0n) is 18.1. The second-order valence-electron chi connectivity index (χ2n) is 8.31. The average Bonchev–Trinajstić information content (AvgIpc) is 3.12. The SMILES string of the molecule is Cc1csc2ncnc(NC3CCN(Cc4ccc(OCCN(C)C)cc4)CC3)c12. The van der Waals surface area contributed by atoms with Gasteiger partial charge < -0.3 is 15.0 Å². The number of likely N-dealkylation sites (N-methyl/N-ethyl adjacent to an activating group) is 1. The van der Waals surface area contributed by atoms with Crippen LogP contribution >= 0.6 is 11.3 Å². The van der Waals surface area contributed by atoms with Gasteiger partial charge in [0, 0.05) is 32.2 Å². The van der Waals surface area contributed by atoms with Crippen LogP contribution in [0.2, 0.25) is 0 Å². The third-order valence-corrected chi connectivity index (χ3v) is 6.62. The molecule has 0 aliphatic carbocycles. The first-order chi connectivity index (χ1) is 14.6. The molecule has 30 heavy (non-hydrogen) atoms. The van der Waals surface area contributed by atoms with Gasteiger partial charge in [-0.15, -0.1) is 11.3 Å². The van der Waals surface area contributed by atoms with Crippen LogP contribution in [-0.4, -0.2) is 66.1 Å². The summed E-state index contributed by atoms with van der Waals surface area (Å²) in [6, 6.07) is 9.01. The Morgan fingerprint density at radius 3 is 2.67 bits per heavy atom. The van der Waals surface area contributed by atoms with E-state index < -0.39 is 0 Å². The Bertz CT molecular complexity index is 948. The maximum absolute atomic E-state index is 5.79. The van der Waals surface area contributed by atoms with E-state index >= 15 is 0 Å². The third-order valence-electron chi connectivity index (χ3n) is 5.62. The second-order valence-corrected chi connectivity index (χ2v) is 9.17. The number of aryl methyl sites for hydroxylation is 1. The van der Waals surface area contributed by atoms with Crippen molar-refractivity contribution < 1.29 is 4.74 Å². The van der Waals surface area contributed by atoms with Crippen molar-refractivity contribution in [2.75, 3.05) is 45.7 Å². The number of thiophene rings is 1. The number of piperidine rings is 1. The predicted molar refractivity (Wildman–Crippen MR) is 125 cm³/mol. The summed E-state index contributed by atoms with van der Waals surface area (Å²) in [5.41, 5.74) is 2.59. The molecule has 1 aromatic carbocycles. The van der Waals surface area contributed by atoms with E-state index in [1.807, 2.05) is 0 Å². The molecule has 4 rings (SSSR count). The van der Waals surface area contributed by atoms with E-state index in [1.54, 1.807) is 17.7 Å². The number of hydrogen-bond donors (Lipinski definition) is 1. The second kappa shape index (κ2) is 9.73. The summed E-state index contributed by atoms with van der Waals surface area (Å²) >= 11 is 1.69. The van der Waals surface area contributed by atoms with Gasteiger partial charge >= 0.3 is 0 Å². The van der Waals surface area contributed by atoms with Crippen LogP contribution in [0.25, 0.3) is 10.2 Å². The number of nitrogens with zero attached hydrogens (tertiary/aromatic N) is 4. The minimum Gasteiger partial charge on any atom is -0.492 e. The van der Waals surface area contributed by atoms with Crippen LogP contribution < -0.4 is 10.1 Å². The summed E-state index contributed by atoms with van der Waals surface area (Å²) in [7, 11) is 4.12. The van der Waals surface area contributed by atoms with Gasteiger partial charge in [-0.25, -0.2) is 9.97 Å². The molecule has 1 N–H and O–H groups in total. The van der Waals surface area contributed by atoms with Crippen LogP contribution in [0, 0.1) is 6.92 Å². The van der Waals surface area contributed by atoms with Crippen molar-refractivity contribution >= 4 is 27.4 Å². The van der Waals surface area contributed by atoms with Crippen molar-refractivity contribution in [3.63, 3.8) is 0 Å². The lowest BCUT2D eigenvalue weighted by Gasteiger charge is -2.32. The summed E-state index contributed by atoms with van der Waals surface area (Å²) in [6.45, 7) is 6.96. The molecule has 0 radical (unpaired) electrons. The molecule has 1 saturated heterocycles. The maximum Gasteiger partial charge on any atom is 0.138 e. The van der Waals surface area contributed by atoms with Gasteiger partial charge in [0.2, 0.25) is 0 Å². The summed E-state index contributed by atoms with van der Waals surface area (Å²) in [5, 5.41) is 7.02. The molecule has 1 aliphatic rings. The van der Waals surface area contributed by atoms with Gasteiger partial charge in [-0.05, 0) is 62.5 Å². The molecule has 0 unspecified atom stereocenters. The molecule has 6 nitrogen and oxygen atoms in total. The number of rotatable bonds is 8. The summed E-state index contributed by atoms with van der Waals surface area (Å²) in [6.07, 6.45) is 3.92. The number of likely N-dealkylation sites (tertiary alicyclic amines) is 1. The topological polar surface area (TPSA) is 53.5 Å². The van der Waals surface area contributed by atoms with Gasteiger partial charge in [0.05, 0.1) is 5.39 Å². The van der Waals surface area contributed by atoms with E-state index in [0.29, 0.717) is 6.04 Å². The van der Waals surface area contributed by atoms with Gasteiger partial charge in [-0.2, -0.15) is 0 Å². The Hall–Kier alpha value is -2.22. The lowest BCUT2D eigenvalue weighted by Crippen LogP contribution is -2.38. The van der Waals surface area contributed by atoms with Crippen molar-refractivity contribution in [3.8, 4) is 5.75 Å². The molecule has 160 valence electrons. The molecule has 7 heteroatoms. The van der Waals surface area contributed by atoms with E-state index in [1.165, 1.54) is 16.5 Å². The Kier molecular flexibility index (Phi) is 6.82. The van der Waals surface area contributed by atoms with E-state index in [2.05, 4.69) is 75.7 Å². The Morgan fingerprint density at radius 2 is 1.93 bits per heavy atom. The van der Waals surface area contributed by atoms with Gasteiger partial charge in [0.25, 0.3) is 0 Å². The first-order valence-corrected chi connectivity index (χ1v) is 11.5. The fourth-order valence-electron chi connectivity index (χ4n) is 3.85. The van der Waals surface area contributed by atoms with Gasteiger partial charge in [-0.3, -0.25) is 4.90 Å². The van der Waals surface area contributed by atoms with Gasteiger partial charge in [0.15, 0.2) is 0 Å². The minimum atomic E-state index is 0.464. The van der Waals surface area contributed by atoms with Crippen LogP contribution in [-0.2, 0) is 6.54 Å². The number of benzene rings is 1. The highest BCUT2D eigenvalue weighted by Gasteiger charge is 2.21. The number of anilines is 1. The fraction of sp³-hybridized carbons (Fsp3) is 0.478. The van der Waals surface area contributed by atoms with Crippen LogP contribution in [0.15, 0.2) is 36.0 Å². The van der Waals surface area contributed by atoms with Crippen LogP contribution in [0.3, 0.4) is 0 Å². The first kappa shape index (κ1) is 21.0. The molecule has 1 aliphatic heterocycles. The molecule has 0 saturated carbocycles. The number of nitrogens with one attached hydrogen (secondary N) is 1. The Balaban J connectivity index is 1.26. The molecule has 0 spiro atoms. The van der Waals surface area contributed by atoms with E-state index in [9.17, 15) is 0 Å². The molecule has 2 aromatic heterocycles. The average molecular weight is 426 g/mol. The highest BCUT2D eigenvalue weighted by Crippen LogP contribution is 2.29. The molecular formula is C23H31N5OS. The van der Waals surface area contributed by atoms with Gasteiger partial charge in [0.1, 0.15) is 29.3 Å². The zero-order chi connectivity index (χ0) is 20.9. The smallest absolute Gasteiger partial charge is 0.138 e. The highest BCUT2D eigenvalue weighted by molar-refractivity contribution is 7.17. The highest BCUT2D eigenvalue weighted by atomic mass is 32.1.